The Kier molecular flexibility index (Phi) is 5.84. The first kappa shape index (κ1) is 15.4. The maximum absolute atomic E-state index is 6.03. The average Bonchev–Trinajstić information content (AvgIpc) is 3.03. The van der Waals surface area contributed by atoms with Crippen LogP contribution < -0.4 is 5.73 Å². The van der Waals surface area contributed by atoms with Gasteiger partial charge in [0.25, 0.3) is 0 Å². The molecule has 108 valence electrons. The summed E-state index contributed by atoms with van der Waals surface area (Å²) in [6.07, 6.45) is 1.27. The van der Waals surface area contributed by atoms with E-state index in [0.29, 0.717) is 18.6 Å². The fourth-order valence-electron chi connectivity index (χ4n) is 3.05. The van der Waals surface area contributed by atoms with Gasteiger partial charge in [-0.3, -0.25) is 9.80 Å². The number of nitrogens with two attached hydrogens (primary N) is 1. The second kappa shape index (κ2) is 7.18. The first-order valence-corrected chi connectivity index (χ1v) is 8.79. The van der Waals surface area contributed by atoms with Gasteiger partial charge in [-0.25, -0.2) is 0 Å². The minimum absolute atomic E-state index is 0.370. The molecule has 2 atom stereocenters. The van der Waals surface area contributed by atoms with Crippen LogP contribution in [0.1, 0.15) is 31.2 Å². The molecule has 0 bridgehead atoms. The highest BCUT2D eigenvalue weighted by Crippen LogP contribution is 2.34. The Morgan fingerprint density at radius 1 is 1.53 bits per heavy atom. The summed E-state index contributed by atoms with van der Waals surface area (Å²) >= 11 is 5.45. The molecule has 1 aromatic rings. The molecule has 2 rings (SSSR count). The van der Waals surface area contributed by atoms with E-state index in [2.05, 4.69) is 51.0 Å². The first-order valence-electron chi connectivity index (χ1n) is 7.12. The summed E-state index contributed by atoms with van der Waals surface area (Å²) in [6, 6.07) is 3.19. The monoisotopic (exact) mass is 345 g/mol. The third kappa shape index (κ3) is 3.39. The number of rotatable bonds is 6. The van der Waals surface area contributed by atoms with Crippen molar-refractivity contribution in [3.8, 4) is 0 Å². The lowest BCUT2D eigenvalue weighted by molar-refractivity contribution is 0.191. The lowest BCUT2D eigenvalue weighted by Gasteiger charge is -2.29. The van der Waals surface area contributed by atoms with E-state index in [1.54, 1.807) is 0 Å². The normalized spacial score (nSPS) is 22.3. The Hall–Kier alpha value is 0.0600. The van der Waals surface area contributed by atoms with Crippen molar-refractivity contribution in [3.05, 3.63) is 20.8 Å². The molecular formula is C14H24BrN3S. The van der Waals surface area contributed by atoms with E-state index in [9.17, 15) is 0 Å². The fraction of sp³-hybridized carbons (Fsp3) is 0.714. The zero-order valence-electron chi connectivity index (χ0n) is 11.8. The molecular weight excluding hydrogens is 322 g/mol. The predicted molar refractivity (Wildman–Crippen MR) is 86.7 cm³/mol. The van der Waals surface area contributed by atoms with Gasteiger partial charge in [-0.05, 0) is 46.9 Å². The van der Waals surface area contributed by atoms with E-state index in [1.165, 1.54) is 15.8 Å². The van der Waals surface area contributed by atoms with Crippen molar-refractivity contribution in [1.29, 1.82) is 0 Å². The van der Waals surface area contributed by atoms with Gasteiger partial charge in [0, 0.05) is 35.0 Å². The van der Waals surface area contributed by atoms with Crippen molar-refractivity contribution in [2.24, 2.45) is 5.73 Å². The van der Waals surface area contributed by atoms with Crippen molar-refractivity contribution in [2.75, 3.05) is 32.7 Å². The van der Waals surface area contributed by atoms with Crippen LogP contribution in [0.4, 0.5) is 0 Å². The lowest BCUT2D eigenvalue weighted by atomic mass is 10.2. The number of likely N-dealkylation sites (N-methyl/N-ethyl adjacent to an activating group) is 1. The van der Waals surface area contributed by atoms with Crippen molar-refractivity contribution in [2.45, 2.75) is 32.4 Å². The van der Waals surface area contributed by atoms with Crippen molar-refractivity contribution in [1.82, 2.24) is 9.80 Å². The third-order valence-electron chi connectivity index (χ3n) is 4.14. The first-order chi connectivity index (χ1) is 9.21. The van der Waals surface area contributed by atoms with Crippen LogP contribution in [0.25, 0.3) is 0 Å². The van der Waals surface area contributed by atoms with Crippen LogP contribution in [0.5, 0.6) is 0 Å². The van der Waals surface area contributed by atoms with Crippen LogP contribution in [-0.2, 0) is 0 Å². The van der Waals surface area contributed by atoms with Gasteiger partial charge in [-0.2, -0.15) is 0 Å². The van der Waals surface area contributed by atoms with Gasteiger partial charge < -0.3 is 5.73 Å². The number of nitrogens with zero attached hydrogens (tertiary/aromatic N) is 2. The summed E-state index contributed by atoms with van der Waals surface area (Å²) < 4.78 is 1.21. The molecule has 0 amide bonds. The molecule has 0 aromatic carbocycles. The maximum atomic E-state index is 6.03. The van der Waals surface area contributed by atoms with Crippen LogP contribution in [0.3, 0.4) is 0 Å². The van der Waals surface area contributed by atoms with Crippen molar-refractivity contribution < 1.29 is 0 Å². The minimum atomic E-state index is 0.370. The van der Waals surface area contributed by atoms with Crippen LogP contribution >= 0.6 is 27.3 Å². The molecule has 0 radical (unpaired) electrons. The molecule has 1 aromatic heterocycles. The van der Waals surface area contributed by atoms with Gasteiger partial charge in [0.1, 0.15) is 0 Å². The second-order valence-corrected chi connectivity index (χ2v) is 6.84. The summed E-state index contributed by atoms with van der Waals surface area (Å²) in [5.41, 5.74) is 6.03. The highest BCUT2D eigenvalue weighted by atomic mass is 79.9. The molecule has 1 saturated heterocycles. The zero-order chi connectivity index (χ0) is 13.8. The Labute approximate surface area is 128 Å². The van der Waals surface area contributed by atoms with E-state index in [-0.39, 0.29) is 0 Å². The molecule has 2 unspecified atom stereocenters. The highest BCUT2D eigenvalue weighted by Gasteiger charge is 2.31. The van der Waals surface area contributed by atoms with E-state index in [4.69, 9.17) is 5.73 Å². The predicted octanol–water partition coefficient (Wildman–Crippen LogP) is 2.93. The lowest BCUT2D eigenvalue weighted by Crippen LogP contribution is -2.39. The molecule has 1 fully saturated rings. The quantitative estimate of drug-likeness (QED) is 0.860. The topological polar surface area (TPSA) is 32.5 Å². The summed E-state index contributed by atoms with van der Waals surface area (Å²) in [6.45, 7) is 9.80. The molecule has 2 heterocycles. The Balaban J connectivity index is 2.04. The number of thiophene rings is 1. The number of hydrogen-bond donors (Lipinski definition) is 1. The third-order valence-corrected chi connectivity index (χ3v) is 6.11. The number of halogens is 1. The van der Waals surface area contributed by atoms with E-state index in [1.807, 2.05) is 11.3 Å². The number of likely N-dealkylation sites (tertiary alicyclic amines) is 1. The molecule has 0 aliphatic carbocycles. The standard InChI is InChI=1S/C14H24BrN3S/c1-3-17(4-2)11-5-7-18(10-11)13(9-16)14-12(15)6-8-19-14/h6,8,11,13H,3-5,7,9-10,16H2,1-2H3. The number of hydrogen-bond acceptors (Lipinski definition) is 4. The summed E-state index contributed by atoms with van der Waals surface area (Å²) in [7, 11) is 0. The molecule has 3 nitrogen and oxygen atoms in total. The molecule has 1 aliphatic heterocycles. The van der Waals surface area contributed by atoms with E-state index < -0.39 is 0 Å². The fourth-order valence-corrected chi connectivity index (χ4v) is 4.84. The summed E-state index contributed by atoms with van der Waals surface area (Å²) in [5.74, 6) is 0. The average molecular weight is 346 g/mol. The van der Waals surface area contributed by atoms with Crippen molar-refractivity contribution in [3.63, 3.8) is 0 Å². The molecule has 5 heteroatoms. The van der Waals surface area contributed by atoms with E-state index in [0.717, 1.165) is 26.2 Å². The van der Waals surface area contributed by atoms with Gasteiger partial charge in [0.05, 0.1) is 6.04 Å². The maximum Gasteiger partial charge on any atom is 0.0576 e. The molecule has 19 heavy (non-hydrogen) atoms. The zero-order valence-corrected chi connectivity index (χ0v) is 14.2. The SMILES string of the molecule is CCN(CC)C1CCN(C(CN)c2sccc2Br)C1. The van der Waals surface area contributed by atoms with Crippen LogP contribution in [0.2, 0.25) is 0 Å². The van der Waals surface area contributed by atoms with Crippen molar-refractivity contribution >= 4 is 27.3 Å². The Bertz CT molecular complexity index is 392. The minimum Gasteiger partial charge on any atom is -0.329 e. The van der Waals surface area contributed by atoms with Gasteiger partial charge in [-0.15, -0.1) is 11.3 Å². The Morgan fingerprint density at radius 2 is 2.26 bits per heavy atom. The van der Waals surface area contributed by atoms with Gasteiger partial charge in [0.15, 0.2) is 0 Å². The Morgan fingerprint density at radius 3 is 2.79 bits per heavy atom. The summed E-state index contributed by atoms with van der Waals surface area (Å²) in [4.78, 5) is 6.50. The molecule has 0 spiro atoms. The second-order valence-electron chi connectivity index (χ2n) is 5.04. The molecule has 2 N–H and O–H groups in total. The highest BCUT2D eigenvalue weighted by molar-refractivity contribution is 9.10. The van der Waals surface area contributed by atoms with Gasteiger partial charge in [0.2, 0.25) is 0 Å². The van der Waals surface area contributed by atoms with Crippen LogP contribution in [0.15, 0.2) is 15.9 Å². The van der Waals surface area contributed by atoms with E-state index >= 15 is 0 Å². The van der Waals surface area contributed by atoms with Crippen LogP contribution in [0, 0.1) is 0 Å². The molecule has 1 aliphatic rings. The van der Waals surface area contributed by atoms with Gasteiger partial charge in [-0.1, -0.05) is 13.8 Å². The smallest absolute Gasteiger partial charge is 0.0576 e. The van der Waals surface area contributed by atoms with Crippen LogP contribution in [-0.4, -0.2) is 48.6 Å². The largest absolute Gasteiger partial charge is 0.329 e. The molecule has 0 saturated carbocycles. The summed E-state index contributed by atoms with van der Waals surface area (Å²) in [5, 5.41) is 2.14. The van der Waals surface area contributed by atoms with Gasteiger partial charge >= 0.3 is 0 Å².